The Labute approximate surface area is 458 Å². The molecule has 0 aliphatic rings. The quantitative estimate of drug-likeness (QED) is 0.0429. The third kappa shape index (κ3) is 21.7. The summed E-state index contributed by atoms with van der Waals surface area (Å²) in [5.74, 6) is -10.6. The average molecular weight is 1090 g/mol. The Morgan fingerprint density at radius 1 is 0.636 bits per heavy atom. The van der Waals surface area contributed by atoms with E-state index in [-0.39, 0.29) is 50.1 Å². The number of carboxylic acid groups (broad SMARTS) is 1. The van der Waals surface area contributed by atoms with E-state index >= 15 is 0 Å². The molecule has 0 saturated carbocycles. The second-order valence-corrected chi connectivity index (χ2v) is 21.7. The van der Waals surface area contributed by atoms with Gasteiger partial charge in [0.1, 0.15) is 62.2 Å². The lowest BCUT2D eigenvalue weighted by Gasteiger charge is -2.44. The van der Waals surface area contributed by atoms with Crippen molar-refractivity contribution in [1.82, 2.24) is 49.8 Å². The van der Waals surface area contributed by atoms with Gasteiger partial charge in [-0.1, -0.05) is 81.4 Å². The SMILES string of the molecule is C/C=C/C[C@@H](C)CC(C(=O)N[C@@H](CC)N(C)C(=O)CN(C(C)=O)[C@@H](CC(C)C)N(C)C(=O)[C@@H](C(C)C)N(C(C)=O)[C@@H](CC(C)C)C(=O)N[C@@H](C)C(=O)O)C(=O)N(C)[C@H](C(C)C)N([CH]C(=O)N(C)CN(C)C(=O)[CH]N)C(C)=O. The Kier molecular flexibility index (Phi) is 30.6. The number of carboxylic acids is 1. The monoisotopic (exact) mass is 1090 g/mol. The molecule has 2 radical (unpaired) electrons. The molecular formula is C54H95N11O12. The predicted octanol–water partition coefficient (Wildman–Crippen LogP) is 2.91. The van der Waals surface area contributed by atoms with Crippen LogP contribution in [0, 0.1) is 48.6 Å². The normalized spacial score (nSPS) is 14.6. The van der Waals surface area contributed by atoms with E-state index in [1.54, 1.807) is 34.6 Å². The number of carbonyl (C=O) groups excluding carboxylic acids is 10. The highest BCUT2D eigenvalue weighted by Crippen LogP contribution is 2.27. The molecule has 10 amide bonds. The zero-order valence-corrected chi connectivity index (χ0v) is 49.8. The highest BCUT2D eigenvalue weighted by molar-refractivity contribution is 6.01. The lowest BCUT2D eigenvalue weighted by molar-refractivity contribution is -0.159. The van der Waals surface area contributed by atoms with Gasteiger partial charge in [0.05, 0.1) is 6.67 Å². The van der Waals surface area contributed by atoms with Crippen molar-refractivity contribution < 1.29 is 57.8 Å². The third-order valence-corrected chi connectivity index (χ3v) is 13.3. The summed E-state index contributed by atoms with van der Waals surface area (Å²) >= 11 is 0. The second kappa shape index (κ2) is 33.2. The van der Waals surface area contributed by atoms with Crippen molar-refractivity contribution in [1.29, 1.82) is 0 Å². The summed E-state index contributed by atoms with van der Waals surface area (Å²) in [6.07, 6.45) is 1.64. The van der Waals surface area contributed by atoms with Crippen LogP contribution in [0.1, 0.15) is 136 Å². The van der Waals surface area contributed by atoms with Crippen LogP contribution in [0.3, 0.4) is 0 Å². The molecule has 0 aromatic heterocycles. The van der Waals surface area contributed by atoms with Crippen molar-refractivity contribution in [3.8, 4) is 0 Å². The van der Waals surface area contributed by atoms with Gasteiger partial charge in [-0.2, -0.15) is 0 Å². The third-order valence-electron chi connectivity index (χ3n) is 13.3. The molecule has 0 aromatic carbocycles. The van der Waals surface area contributed by atoms with Crippen molar-refractivity contribution in [3.05, 3.63) is 25.2 Å². The standard InChI is InChI=1S/C54H95N11O12/c1-21-23-24-36(11)27-41(52(74)62(20)51(35(9)10)64(39(14)67)29-46(70)59(17)31-58(16)45(69)28-55)49(72)57-43(22-2)60(18)47(71)30-63(38(13)66)44(26-33(5)6)61(19)53(75)48(34(7)8)65(40(15)68)42(25-32(3)4)50(73)56-37(12)54(76)77/h21,23,28-29,32-37,41-44,48,51H,22,24-27,30-31,55H2,1-20H3,(H,56,73)(H,57,72)(H,76,77)/b23-21+/t36-,37+,41?,42+,43-,44+,48-,51+/m1/s1. The number of hydrogen-bond donors (Lipinski definition) is 4. The zero-order valence-electron chi connectivity index (χ0n) is 49.8. The molecule has 5 N–H and O–H groups in total. The van der Waals surface area contributed by atoms with Gasteiger partial charge in [0.25, 0.3) is 0 Å². The number of nitrogens with two attached hydrogens (primary N) is 1. The number of nitrogens with zero attached hydrogens (tertiary/aromatic N) is 8. The molecule has 0 rings (SSSR count). The molecule has 0 fully saturated rings. The van der Waals surface area contributed by atoms with Gasteiger partial charge in [-0.05, 0) is 75.5 Å². The van der Waals surface area contributed by atoms with Gasteiger partial charge < -0.3 is 60.7 Å². The molecular weight excluding hydrogens is 995 g/mol. The van der Waals surface area contributed by atoms with Gasteiger partial charge >= 0.3 is 5.97 Å². The summed E-state index contributed by atoms with van der Waals surface area (Å²) < 4.78 is 0. The fourth-order valence-corrected chi connectivity index (χ4v) is 9.04. The van der Waals surface area contributed by atoms with Crippen LogP contribution in [0.4, 0.5) is 0 Å². The van der Waals surface area contributed by atoms with E-state index in [9.17, 15) is 57.8 Å². The zero-order chi connectivity index (χ0) is 60.1. The number of amides is 10. The summed E-state index contributed by atoms with van der Waals surface area (Å²) in [5.41, 5.74) is 5.35. The Morgan fingerprint density at radius 3 is 1.61 bits per heavy atom. The fourth-order valence-electron chi connectivity index (χ4n) is 9.04. The predicted molar refractivity (Wildman–Crippen MR) is 292 cm³/mol. The number of likely N-dealkylation sites (N-methyl/N-ethyl adjacent to an activating group) is 4. The maximum Gasteiger partial charge on any atom is 0.325 e. The van der Waals surface area contributed by atoms with E-state index in [0.717, 1.165) is 18.0 Å². The van der Waals surface area contributed by atoms with E-state index in [2.05, 4.69) is 10.6 Å². The first-order chi connectivity index (χ1) is 35.5. The number of nitrogens with one attached hydrogen (secondary N) is 2. The maximum absolute atomic E-state index is 14.9. The molecule has 23 nitrogen and oxygen atoms in total. The first-order valence-corrected chi connectivity index (χ1v) is 26.5. The molecule has 77 heavy (non-hydrogen) atoms. The smallest absolute Gasteiger partial charge is 0.325 e. The molecule has 0 aromatic rings. The minimum absolute atomic E-state index is 0.0559. The van der Waals surface area contributed by atoms with Gasteiger partial charge in [-0.25, -0.2) is 0 Å². The Bertz CT molecular complexity index is 2070. The summed E-state index contributed by atoms with van der Waals surface area (Å²) in [6.45, 7) is 25.9. The number of aliphatic carboxylic acids is 1. The molecule has 0 bridgehead atoms. The molecule has 23 heteroatoms. The van der Waals surface area contributed by atoms with Gasteiger partial charge in [0.15, 0.2) is 0 Å². The Hall–Kier alpha value is -6.13. The number of carbonyl (C=O) groups is 11. The van der Waals surface area contributed by atoms with Crippen LogP contribution in [-0.4, -0.2) is 194 Å². The Balaban J connectivity index is 7.24. The van der Waals surface area contributed by atoms with Crippen molar-refractivity contribution in [2.24, 2.45) is 41.2 Å². The lowest BCUT2D eigenvalue weighted by Crippen LogP contribution is -2.63. The van der Waals surface area contributed by atoms with Crippen LogP contribution >= 0.6 is 0 Å². The van der Waals surface area contributed by atoms with Crippen LogP contribution in [0.25, 0.3) is 0 Å². The first kappa shape index (κ1) is 70.9. The maximum atomic E-state index is 14.9. The van der Waals surface area contributed by atoms with Gasteiger partial charge in [-0.3, -0.25) is 52.7 Å². The number of rotatable bonds is 32. The van der Waals surface area contributed by atoms with Crippen molar-refractivity contribution in [2.75, 3.05) is 48.5 Å². The number of allylic oxidation sites excluding steroid dienone is 2. The molecule has 0 heterocycles. The average Bonchev–Trinajstić information content (AvgIpc) is 3.33. The Morgan fingerprint density at radius 2 is 1.18 bits per heavy atom. The fraction of sp³-hybridized carbons (Fsp3) is 0.722. The molecule has 438 valence electrons. The molecule has 1 unspecified atom stereocenters. The minimum Gasteiger partial charge on any atom is -0.480 e. The van der Waals surface area contributed by atoms with E-state index in [0.29, 0.717) is 6.42 Å². The van der Waals surface area contributed by atoms with Crippen LogP contribution in [-0.2, 0) is 52.7 Å². The summed E-state index contributed by atoms with van der Waals surface area (Å²) in [5, 5.41) is 14.9. The largest absolute Gasteiger partial charge is 0.480 e. The molecule has 0 aliphatic heterocycles. The highest BCUT2D eigenvalue weighted by Gasteiger charge is 2.44. The van der Waals surface area contributed by atoms with E-state index < -0.39 is 126 Å². The topological polar surface area (TPSA) is 284 Å². The van der Waals surface area contributed by atoms with E-state index in [1.165, 1.54) is 97.2 Å². The van der Waals surface area contributed by atoms with E-state index in [1.807, 2.05) is 53.7 Å². The second-order valence-electron chi connectivity index (χ2n) is 21.7. The summed E-state index contributed by atoms with van der Waals surface area (Å²) in [4.78, 5) is 160. The van der Waals surface area contributed by atoms with Crippen LogP contribution in [0.2, 0.25) is 0 Å². The summed E-state index contributed by atoms with van der Waals surface area (Å²) in [6, 6.07) is -3.80. The number of hydrogen-bond acceptors (Lipinski definition) is 12. The molecule has 0 spiro atoms. The minimum atomic E-state index is -1.35. The van der Waals surface area contributed by atoms with E-state index in [4.69, 9.17) is 5.73 Å². The van der Waals surface area contributed by atoms with Gasteiger partial charge in [-0.15, -0.1) is 0 Å². The van der Waals surface area contributed by atoms with Crippen molar-refractivity contribution in [3.63, 3.8) is 0 Å². The van der Waals surface area contributed by atoms with Crippen LogP contribution in [0.5, 0.6) is 0 Å². The lowest BCUT2D eigenvalue weighted by atomic mass is 9.90. The van der Waals surface area contributed by atoms with Crippen molar-refractivity contribution in [2.45, 2.75) is 173 Å². The van der Waals surface area contributed by atoms with Gasteiger partial charge in [0.2, 0.25) is 59.1 Å². The van der Waals surface area contributed by atoms with Crippen LogP contribution < -0.4 is 16.4 Å². The molecule has 8 atom stereocenters. The van der Waals surface area contributed by atoms with Crippen LogP contribution in [0.15, 0.2) is 12.2 Å². The van der Waals surface area contributed by atoms with Crippen molar-refractivity contribution >= 4 is 65.0 Å². The summed E-state index contributed by atoms with van der Waals surface area (Å²) in [7, 11) is 7.20. The van der Waals surface area contributed by atoms with Gasteiger partial charge in [0, 0.05) is 56.0 Å². The first-order valence-electron chi connectivity index (χ1n) is 26.5. The molecule has 0 saturated heterocycles. The molecule has 0 aliphatic carbocycles. The highest BCUT2D eigenvalue weighted by atomic mass is 16.4.